The third-order valence-electron chi connectivity index (χ3n) is 1.92. The molecule has 1 aromatic heterocycles. The number of carbonyl (C=O) groups is 1. The third-order valence-corrected chi connectivity index (χ3v) is 2.29. The second kappa shape index (κ2) is 5.14. The molecule has 0 atom stereocenters. The van der Waals surface area contributed by atoms with Crippen molar-refractivity contribution in [2.45, 2.75) is 4.84 Å². The van der Waals surface area contributed by atoms with Gasteiger partial charge in [0, 0.05) is 30.7 Å². The lowest BCUT2D eigenvalue weighted by molar-refractivity contribution is -0.125. The van der Waals surface area contributed by atoms with Gasteiger partial charge in [-0.15, -0.1) is 0 Å². The quantitative estimate of drug-likeness (QED) is 0.765. The molecule has 15 heavy (non-hydrogen) atoms. The molecule has 1 amide bonds. The fourth-order valence-corrected chi connectivity index (χ4v) is 1.30. The van der Waals surface area contributed by atoms with Gasteiger partial charge in [0.2, 0.25) is 0 Å². The van der Waals surface area contributed by atoms with Crippen molar-refractivity contribution in [2.75, 3.05) is 7.05 Å². The normalized spacial score (nSPS) is 10.1. The number of alkyl halides is 2. The van der Waals surface area contributed by atoms with Crippen molar-refractivity contribution >= 4 is 34.8 Å². The maximum absolute atomic E-state index is 11.4. The molecular formula is C10H10Cl2N2O. The maximum Gasteiger partial charge on any atom is 0.260 e. The largest absolute Gasteiger partial charge is 0.313 e. The van der Waals surface area contributed by atoms with Gasteiger partial charge in [0.25, 0.3) is 5.91 Å². The van der Waals surface area contributed by atoms with Gasteiger partial charge in [-0.05, 0) is 12.1 Å². The highest BCUT2D eigenvalue weighted by atomic mass is 35.5. The Morgan fingerprint density at radius 2 is 2.27 bits per heavy atom. The first-order valence-electron chi connectivity index (χ1n) is 4.19. The highest BCUT2D eigenvalue weighted by molar-refractivity contribution is 6.53. The average Bonchev–Trinajstić information content (AvgIpc) is 2.27. The van der Waals surface area contributed by atoms with Crippen LogP contribution in [0.4, 0.5) is 0 Å². The van der Waals surface area contributed by atoms with Crippen molar-refractivity contribution in [3.8, 4) is 0 Å². The summed E-state index contributed by atoms with van der Waals surface area (Å²) < 4.78 is 0. The summed E-state index contributed by atoms with van der Waals surface area (Å²) in [6.07, 6.45) is 3.26. The Morgan fingerprint density at radius 1 is 1.60 bits per heavy atom. The van der Waals surface area contributed by atoms with Gasteiger partial charge in [0.15, 0.2) is 4.84 Å². The number of carbonyl (C=O) groups excluding carboxylic acids is 1. The first-order chi connectivity index (χ1) is 7.04. The fraction of sp³-hybridized carbons (Fsp3) is 0.200. The van der Waals surface area contributed by atoms with Gasteiger partial charge in [0.1, 0.15) is 0 Å². The van der Waals surface area contributed by atoms with E-state index < -0.39 is 10.7 Å². The molecule has 3 nitrogen and oxygen atoms in total. The molecule has 0 saturated carbocycles. The number of rotatable bonds is 3. The minimum Gasteiger partial charge on any atom is -0.313 e. The maximum atomic E-state index is 11.4. The van der Waals surface area contributed by atoms with E-state index in [2.05, 4.69) is 11.6 Å². The second-order valence-electron chi connectivity index (χ2n) is 2.89. The van der Waals surface area contributed by atoms with Crippen LogP contribution in [-0.4, -0.2) is 27.7 Å². The van der Waals surface area contributed by atoms with Crippen molar-refractivity contribution in [3.63, 3.8) is 0 Å². The topological polar surface area (TPSA) is 33.2 Å². The number of hydrogen-bond donors (Lipinski definition) is 0. The minimum atomic E-state index is -1.08. The van der Waals surface area contributed by atoms with Crippen LogP contribution in [0.2, 0.25) is 0 Å². The lowest BCUT2D eigenvalue weighted by Crippen LogP contribution is -2.29. The average molecular weight is 245 g/mol. The van der Waals surface area contributed by atoms with E-state index in [1.165, 1.54) is 4.90 Å². The van der Waals surface area contributed by atoms with Gasteiger partial charge in [-0.1, -0.05) is 29.8 Å². The van der Waals surface area contributed by atoms with Crippen molar-refractivity contribution in [2.24, 2.45) is 0 Å². The summed E-state index contributed by atoms with van der Waals surface area (Å²) in [5.74, 6) is -0.410. The van der Waals surface area contributed by atoms with E-state index >= 15 is 0 Å². The highest BCUT2D eigenvalue weighted by Gasteiger charge is 2.19. The SMILES string of the molecule is C=C(c1cccnc1)N(C)C(=O)C(Cl)Cl. The van der Waals surface area contributed by atoms with E-state index in [4.69, 9.17) is 23.2 Å². The molecule has 0 aromatic carbocycles. The van der Waals surface area contributed by atoms with Crippen molar-refractivity contribution in [1.29, 1.82) is 0 Å². The molecule has 0 fully saturated rings. The smallest absolute Gasteiger partial charge is 0.260 e. The molecule has 1 aromatic rings. The van der Waals surface area contributed by atoms with E-state index in [0.717, 1.165) is 5.56 Å². The standard InChI is InChI=1S/C10H10Cl2N2O/c1-7(8-4-3-5-13-6-8)14(2)10(15)9(11)12/h3-6,9H,1H2,2H3. The van der Waals surface area contributed by atoms with E-state index in [-0.39, 0.29) is 0 Å². The monoisotopic (exact) mass is 244 g/mol. The van der Waals surface area contributed by atoms with Crippen LogP contribution in [0.1, 0.15) is 5.56 Å². The number of aromatic nitrogens is 1. The number of amides is 1. The predicted molar refractivity (Wildman–Crippen MR) is 61.5 cm³/mol. The summed E-state index contributed by atoms with van der Waals surface area (Å²) in [7, 11) is 1.56. The Kier molecular flexibility index (Phi) is 4.12. The van der Waals surface area contributed by atoms with E-state index in [1.807, 2.05) is 0 Å². The number of pyridine rings is 1. The number of hydrogen-bond acceptors (Lipinski definition) is 2. The van der Waals surface area contributed by atoms with E-state index in [9.17, 15) is 4.79 Å². The first-order valence-corrected chi connectivity index (χ1v) is 5.06. The molecule has 1 rings (SSSR count). The van der Waals surface area contributed by atoms with E-state index in [1.54, 1.807) is 31.6 Å². The molecule has 0 N–H and O–H groups in total. The van der Waals surface area contributed by atoms with Gasteiger partial charge in [-0.25, -0.2) is 0 Å². The Morgan fingerprint density at radius 3 is 2.73 bits per heavy atom. The Labute approximate surface area is 98.3 Å². The molecule has 0 aliphatic rings. The zero-order valence-electron chi connectivity index (χ0n) is 8.15. The molecule has 0 bridgehead atoms. The molecule has 0 aliphatic carbocycles. The summed E-state index contributed by atoms with van der Waals surface area (Å²) >= 11 is 10.9. The molecular weight excluding hydrogens is 235 g/mol. The molecule has 0 spiro atoms. The van der Waals surface area contributed by atoms with Crippen LogP contribution in [0.3, 0.4) is 0 Å². The van der Waals surface area contributed by atoms with Crippen LogP contribution >= 0.6 is 23.2 Å². The van der Waals surface area contributed by atoms with Crippen LogP contribution < -0.4 is 0 Å². The van der Waals surface area contributed by atoms with Crippen LogP contribution in [0.15, 0.2) is 31.1 Å². The molecule has 0 unspecified atom stereocenters. The van der Waals surface area contributed by atoms with Crippen LogP contribution in [-0.2, 0) is 4.79 Å². The first kappa shape index (κ1) is 12.0. The van der Waals surface area contributed by atoms with Crippen molar-refractivity contribution in [3.05, 3.63) is 36.7 Å². The van der Waals surface area contributed by atoms with Crippen LogP contribution in [0.5, 0.6) is 0 Å². The third kappa shape index (κ3) is 2.94. The lowest BCUT2D eigenvalue weighted by atomic mass is 10.2. The molecule has 80 valence electrons. The summed E-state index contributed by atoms with van der Waals surface area (Å²) in [5.41, 5.74) is 1.27. The lowest BCUT2D eigenvalue weighted by Gasteiger charge is -2.20. The minimum absolute atomic E-state index is 0.410. The summed E-state index contributed by atoms with van der Waals surface area (Å²) in [5, 5.41) is 0. The fourth-order valence-electron chi connectivity index (χ4n) is 1.01. The summed E-state index contributed by atoms with van der Waals surface area (Å²) in [6.45, 7) is 3.78. The van der Waals surface area contributed by atoms with Gasteiger partial charge in [0.05, 0.1) is 0 Å². The van der Waals surface area contributed by atoms with Crippen LogP contribution in [0, 0.1) is 0 Å². The number of nitrogens with zero attached hydrogens (tertiary/aromatic N) is 2. The van der Waals surface area contributed by atoms with E-state index in [0.29, 0.717) is 5.70 Å². The van der Waals surface area contributed by atoms with Crippen molar-refractivity contribution < 1.29 is 4.79 Å². The molecule has 0 aliphatic heterocycles. The van der Waals surface area contributed by atoms with Gasteiger partial charge in [-0.3, -0.25) is 9.78 Å². The molecule has 5 heteroatoms. The van der Waals surface area contributed by atoms with Gasteiger partial charge >= 0.3 is 0 Å². The Balaban J connectivity index is 2.82. The molecule has 0 saturated heterocycles. The second-order valence-corrected chi connectivity index (χ2v) is 3.98. The van der Waals surface area contributed by atoms with Crippen molar-refractivity contribution in [1.82, 2.24) is 9.88 Å². The number of halogens is 2. The Bertz CT molecular complexity index is 365. The summed E-state index contributed by atoms with van der Waals surface area (Å²) in [4.78, 5) is 15.6. The molecule has 1 heterocycles. The van der Waals surface area contributed by atoms with Gasteiger partial charge < -0.3 is 4.90 Å². The Hall–Kier alpha value is -1.06. The summed E-state index contributed by atoms with van der Waals surface area (Å²) in [6, 6.07) is 3.56. The predicted octanol–water partition coefficient (Wildman–Crippen LogP) is 2.31. The van der Waals surface area contributed by atoms with Crippen LogP contribution in [0.25, 0.3) is 5.70 Å². The van der Waals surface area contributed by atoms with Gasteiger partial charge in [-0.2, -0.15) is 0 Å². The molecule has 0 radical (unpaired) electrons. The highest BCUT2D eigenvalue weighted by Crippen LogP contribution is 2.17. The zero-order chi connectivity index (χ0) is 11.4. The zero-order valence-corrected chi connectivity index (χ0v) is 9.66.